The molecule has 6 heteroatoms. The summed E-state index contributed by atoms with van der Waals surface area (Å²) in [7, 11) is 0. The lowest BCUT2D eigenvalue weighted by molar-refractivity contribution is -0.122. The second kappa shape index (κ2) is 11.9. The molecule has 0 aromatic heterocycles. The predicted molar refractivity (Wildman–Crippen MR) is 121 cm³/mol. The zero-order chi connectivity index (χ0) is 18.4. The van der Waals surface area contributed by atoms with E-state index in [1.807, 2.05) is 24.3 Å². The highest BCUT2D eigenvalue weighted by Gasteiger charge is 2.24. The first-order valence-corrected chi connectivity index (χ1v) is 9.55. The van der Waals surface area contributed by atoms with Gasteiger partial charge in [-0.1, -0.05) is 48.5 Å². The molecule has 3 rings (SSSR count). The number of hydrogen-bond acceptors (Lipinski definition) is 3. The topological polar surface area (TPSA) is 58.4 Å². The van der Waals surface area contributed by atoms with Crippen LogP contribution in [0.25, 0.3) is 0 Å². The van der Waals surface area contributed by atoms with E-state index in [4.69, 9.17) is 5.73 Å². The fraction of sp³-hybridized carbons (Fsp3) is 0.409. The molecule has 2 aromatic rings. The molecule has 1 heterocycles. The summed E-state index contributed by atoms with van der Waals surface area (Å²) in [5.41, 5.74) is 9.12. The Morgan fingerprint density at radius 2 is 1.68 bits per heavy atom. The third-order valence-corrected chi connectivity index (χ3v) is 5.40. The maximum absolute atomic E-state index is 12.3. The van der Waals surface area contributed by atoms with Crippen molar-refractivity contribution in [2.45, 2.75) is 44.7 Å². The maximum Gasteiger partial charge on any atom is 0.220 e. The van der Waals surface area contributed by atoms with E-state index < -0.39 is 0 Å². The number of carbonyl (C=O) groups excluding carboxylic acids is 1. The normalized spacial score (nSPS) is 15.8. The van der Waals surface area contributed by atoms with Crippen molar-refractivity contribution in [2.75, 3.05) is 18.8 Å². The van der Waals surface area contributed by atoms with Gasteiger partial charge in [0.1, 0.15) is 0 Å². The number of amides is 1. The molecule has 2 aromatic carbocycles. The largest absolute Gasteiger partial charge is 0.399 e. The number of para-hydroxylation sites is 1. The van der Waals surface area contributed by atoms with Crippen LogP contribution in [-0.2, 0) is 11.2 Å². The Labute approximate surface area is 180 Å². The lowest BCUT2D eigenvalue weighted by atomic mass is 10.00. The number of nitrogen functional groups attached to an aromatic ring is 1. The first-order chi connectivity index (χ1) is 12.6. The molecule has 1 unspecified atom stereocenters. The predicted octanol–water partition coefficient (Wildman–Crippen LogP) is 4.39. The summed E-state index contributed by atoms with van der Waals surface area (Å²) in [6.45, 7) is 4.30. The summed E-state index contributed by atoms with van der Waals surface area (Å²) in [6.07, 6.45) is 3.21. The monoisotopic (exact) mass is 423 g/mol. The molecule has 1 aliphatic rings. The fourth-order valence-corrected chi connectivity index (χ4v) is 3.68. The van der Waals surface area contributed by atoms with Crippen LogP contribution in [-0.4, -0.2) is 29.9 Å². The number of halogens is 2. The van der Waals surface area contributed by atoms with Gasteiger partial charge in [-0.25, -0.2) is 0 Å². The number of rotatable bonds is 6. The number of aryl methyl sites for hydroxylation is 1. The molecule has 0 saturated carbocycles. The molecule has 1 atom stereocenters. The quantitative estimate of drug-likeness (QED) is 0.677. The van der Waals surface area contributed by atoms with Crippen LogP contribution in [0.1, 0.15) is 43.4 Å². The van der Waals surface area contributed by atoms with Gasteiger partial charge >= 0.3 is 0 Å². The van der Waals surface area contributed by atoms with Crippen molar-refractivity contribution < 1.29 is 4.79 Å². The number of carbonyl (C=O) groups is 1. The lowest BCUT2D eigenvalue weighted by Crippen LogP contribution is -2.45. The third kappa shape index (κ3) is 6.69. The molecule has 1 saturated heterocycles. The fourth-order valence-electron chi connectivity index (χ4n) is 3.68. The van der Waals surface area contributed by atoms with Gasteiger partial charge in [-0.05, 0) is 43.4 Å². The molecule has 154 valence electrons. The van der Waals surface area contributed by atoms with Crippen LogP contribution in [0.5, 0.6) is 0 Å². The molecule has 0 aliphatic carbocycles. The smallest absolute Gasteiger partial charge is 0.220 e. The molecular formula is C22H31Cl2N3O. The summed E-state index contributed by atoms with van der Waals surface area (Å²) in [6, 6.07) is 19.1. The van der Waals surface area contributed by atoms with E-state index in [0.29, 0.717) is 18.9 Å². The highest BCUT2D eigenvalue weighted by Crippen LogP contribution is 2.24. The minimum absolute atomic E-state index is 0. The van der Waals surface area contributed by atoms with Gasteiger partial charge in [-0.3, -0.25) is 9.69 Å². The van der Waals surface area contributed by atoms with Crippen LogP contribution < -0.4 is 11.1 Å². The molecule has 1 fully saturated rings. The van der Waals surface area contributed by atoms with Crippen LogP contribution in [0.2, 0.25) is 0 Å². The molecular weight excluding hydrogens is 393 g/mol. The van der Waals surface area contributed by atoms with Gasteiger partial charge in [0.2, 0.25) is 5.91 Å². The summed E-state index contributed by atoms with van der Waals surface area (Å²) in [5, 5.41) is 3.20. The molecule has 0 spiro atoms. The van der Waals surface area contributed by atoms with E-state index in [0.717, 1.165) is 37.2 Å². The van der Waals surface area contributed by atoms with Crippen LogP contribution in [0.4, 0.5) is 5.69 Å². The van der Waals surface area contributed by atoms with Crippen LogP contribution in [0, 0.1) is 0 Å². The zero-order valence-electron chi connectivity index (χ0n) is 16.3. The first-order valence-electron chi connectivity index (χ1n) is 9.55. The van der Waals surface area contributed by atoms with Crippen molar-refractivity contribution in [1.82, 2.24) is 10.2 Å². The number of likely N-dealkylation sites (tertiary alicyclic amines) is 1. The Kier molecular flexibility index (Phi) is 10.4. The number of benzene rings is 2. The van der Waals surface area contributed by atoms with Crippen LogP contribution in [0.3, 0.4) is 0 Å². The van der Waals surface area contributed by atoms with E-state index in [1.165, 1.54) is 5.56 Å². The Morgan fingerprint density at radius 1 is 1.07 bits per heavy atom. The molecule has 1 aliphatic heterocycles. The van der Waals surface area contributed by atoms with Crippen molar-refractivity contribution in [3.63, 3.8) is 0 Å². The maximum atomic E-state index is 12.3. The molecule has 1 amide bonds. The van der Waals surface area contributed by atoms with Gasteiger partial charge in [-0.15, -0.1) is 24.8 Å². The second-order valence-electron chi connectivity index (χ2n) is 7.16. The summed E-state index contributed by atoms with van der Waals surface area (Å²) >= 11 is 0. The van der Waals surface area contributed by atoms with Crippen molar-refractivity contribution in [3.05, 3.63) is 65.7 Å². The van der Waals surface area contributed by atoms with E-state index in [2.05, 4.69) is 47.5 Å². The minimum atomic E-state index is 0. The second-order valence-corrected chi connectivity index (χ2v) is 7.16. The summed E-state index contributed by atoms with van der Waals surface area (Å²) < 4.78 is 0. The summed E-state index contributed by atoms with van der Waals surface area (Å²) in [5.74, 6) is 0.128. The molecule has 0 radical (unpaired) electrons. The average molecular weight is 424 g/mol. The third-order valence-electron chi connectivity index (χ3n) is 5.40. The van der Waals surface area contributed by atoms with E-state index in [9.17, 15) is 4.79 Å². The Morgan fingerprint density at radius 3 is 2.32 bits per heavy atom. The van der Waals surface area contributed by atoms with Crippen molar-refractivity contribution in [2.24, 2.45) is 0 Å². The van der Waals surface area contributed by atoms with Gasteiger partial charge in [0.15, 0.2) is 0 Å². The standard InChI is InChI=1S/C22H29N3O.2ClH/c1-17(18-7-3-2-4-8-18)25-15-13-20(14-16-25)24-22(26)12-11-19-9-5-6-10-21(19)23;;/h2-10,17,20H,11-16,23H2,1H3,(H,24,26);2*1H. The van der Waals surface area contributed by atoms with E-state index in [-0.39, 0.29) is 36.8 Å². The number of nitrogens with two attached hydrogens (primary N) is 1. The Hall–Kier alpha value is -1.75. The van der Waals surface area contributed by atoms with Gasteiger partial charge < -0.3 is 11.1 Å². The SMILES string of the molecule is CC(c1ccccc1)N1CCC(NC(=O)CCc2ccccc2N)CC1.Cl.Cl. The van der Waals surface area contributed by atoms with Gasteiger partial charge in [-0.2, -0.15) is 0 Å². The van der Waals surface area contributed by atoms with Crippen LogP contribution >= 0.6 is 24.8 Å². The highest BCUT2D eigenvalue weighted by molar-refractivity contribution is 5.85. The first kappa shape index (κ1) is 24.3. The number of anilines is 1. The number of nitrogens with zero attached hydrogens (tertiary/aromatic N) is 1. The molecule has 3 N–H and O–H groups in total. The zero-order valence-corrected chi connectivity index (χ0v) is 18.0. The molecule has 0 bridgehead atoms. The van der Waals surface area contributed by atoms with Gasteiger partial charge in [0.25, 0.3) is 0 Å². The van der Waals surface area contributed by atoms with Crippen molar-refractivity contribution in [3.8, 4) is 0 Å². The molecule has 28 heavy (non-hydrogen) atoms. The summed E-state index contributed by atoms with van der Waals surface area (Å²) in [4.78, 5) is 14.8. The minimum Gasteiger partial charge on any atom is -0.399 e. The van der Waals surface area contributed by atoms with Gasteiger partial charge in [0.05, 0.1) is 0 Å². The van der Waals surface area contributed by atoms with Crippen molar-refractivity contribution in [1.29, 1.82) is 0 Å². The highest BCUT2D eigenvalue weighted by atomic mass is 35.5. The number of hydrogen-bond donors (Lipinski definition) is 2. The average Bonchev–Trinajstić information content (AvgIpc) is 2.68. The van der Waals surface area contributed by atoms with Crippen LogP contribution in [0.15, 0.2) is 54.6 Å². The Bertz CT molecular complexity index is 719. The van der Waals surface area contributed by atoms with Gasteiger partial charge in [0, 0.05) is 37.3 Å². The van der Waals surface area contributed by atoms with E-state index in [1.54, 1.807) is 0 Å². The number of piperidine rings is 1. The Balaban J connectivity index is 0.00000196. The van der Waals surface area contributed by atoms with E-state index >= 15 is 0 Å². The van der Waals surface area contributed by atoms with Crippen molar-refractivity contribution >= 4 is 36.4 Å². The number of nitrogens with one attached hydrogen (secondary N) is 1. The molecule has 4 nitrogen and oxygen atoms in total. The lowest BCUT2D eigenvalue weighted by Gasteiger charge is -2.36.